The van der Waals surface area contributed by atoms with E-state index in [4.69, 9.17) is 24.2 Å². The highest BCUT2D eigenvalue weighted by atomic mass is 79.9. The fraction of sp³-hybridized carbons (Fsp3) is 0.509. The third-order valence-corrected chi connectivity index (χ3v) is 18.2. The summed E-state index contributed by atoms with van der Waals surface area (Å²) in [5.74, 6) is 5.01. The lowest BCUT2D eigenvalue weighted by Gasteiger charge is -2.49. The van der Waals surface area contributed by atoms with Crippen LogP contribution in [0.25, 0.3) is 11.1 Å². The molecule has 13 rings (SSSR count). The van der Waals surface area contributed by atoms with Crippen LogP contribution in [0.1, 0.15) is 122 Å². The van der Waals surface area contributed by atoms with Gasteiger partial charge in [-0.3, -0.25) is 19.5 Å². The monoisotopic (exact) mass is 1150 g/mol. The lowest BCUT2D eigenvalue weighted by atomic mass is 9.73. The van der Waals surface area contributed by atoms with Gasteiger partial charge in [-0.15, -0.1) is 0 Å². The number of aromatic nitrogens is 4. The molecule has 5 aromatic rings. The normalized spacial score (nSPS) is 25.2. The van der Waals surface area contributed by atoms with Gasteiger partial charge in [-0.05, 0) is 181 Å². The van der Waals surface area contributed by atoms with Crippen LogP contribution in [0.4, 0.5) is 36.3 Å². The predicted molar refractivity (Wildman–Crippen MR) is 288 cm³/mol. The number of hydrogen-bond donors (Lipinski definition) is 1. The number of nitrogens with zero attached hydrogens (tertiary/aromatic N) is 7. The molecule has 6 atom stereocenters. The number of amides is 2. The number of hydrogen-bond acceptors (Lipinski definition) is 11. The molecule has 6 aliphatic heterocycles. The van der Waals surface area contributed by atoms with Crippen molar-refractivity contribution < 1.29 is 37.0 Å². The predicted octanol–water partition coefficient (Wildman–Crippen LogP) is 11.9. The summed E-state index contributed by atoms with van der Waals surface area (Å²) in [6.45, 7) is 15.6. The number of aryl methyl sites for hydroxylation is 1. The molecular formula is C57H63Br2F3N8O5. The zero-order chi connectivity index (χ0) is 52.4. The second-order valence-corrected chi connectivity index (χ2v) is 23.0. The van der Waals surface area contributed by atoms with E-state index in [0.29, 0.717) is 48.0 Å². The second kappa shape index (κ2) is 20.7. The van der Waals surface area contributed by atoms with Gasteiger partial charge in [0.2, 0.25) is 5.91 Å². The van der Waals surface area contributed by atoms with Crippen molar-refractivity contribution in [3.8, 4) is 11.1 Å². The zero-order valence-corrected chi connectivity index (χ0v) is 45.9. The van der Waals surface area contributed by atoms with Gasteiger partial charge >= 0.3 is 6.18 Å². The van der Waals surface area contributed by atoms with Crippen molar-refractivity contribution in [3.05, 3.63) is 116 Å². The molecule has 2 spiro atoms. The molecule has 0 radical (unpaired) electrons. The standard InChI is InChI=1S/C29H29F3N4O2.C15H19BrN2O.C13H15BrN2O2/c1-3-36-26-23(21-7-11-38-16-24(21)28(36)8-9-28)12-19(15-34-26)22-14-20(5-4-17(22)2)35-27(37)18-6-10-33-25(13-18)29(30,31)32;1-2-18-14-12(7-10(16)8-17-14)11-3-6-19-9-13(11)15(18)4-5-15;1-2-16-12-10(5-8(14)6-15-12)9-3-4-18-7-11(9)13(16)17/h4-6,10,12-15,21,24H,3,7-9,11,16H2,1-2H3,(H,35,37);7-8,11,13H,2-6,9H2,1H3;5-6,9,11H,2-4,7H2,1H3/t21-,24+;11-,13+;9-,11+/m000/s1. The fourth-order valence-corrected chi connectivity index (χ4v) is 14.2. The van der Waals surface area contributed by atoms with Gasteiger partial charge < -0.3 is 29.3 Å². The molecule has 4 aromatic heterocycles. The molecule has 13 nitrogen and oxygen atoms in total. The van der Waals surface area contributed by atoms with Gasteiger partial charge in [0.05, 0.1) is 25.7 Å². The Balaban J connectivity index is 0.000000135. The quantitative estimate of drug-likeness (QED) is 0.174. The average molecular weight is 1160 g/mol. The third-order valence-electron chi connectivity index (χ3n) is 17.3. The molecule has 396 valence electrons. The van der Waals surface area contributed by atoms with Gasteiger partial charge in [0.25, 0.3) is 5.91 Å². The van der Waals surface area contributed by atoms with Crippen LogP contribution in [-0.2, 0) is 25.2 Å². The Kier molecular flexibility index (Phi) is 14.4. The Labute approximate surface area is 453 Å². The number of fused-ring (bicyclic) bond motifs is 11. The van der Waals surface area contributed by atoms with E-state index < -0.39 is 17.8 Å². The summed E-state index contributed by atoms with van der Waals surface area (Å²) in [7, 11) is 0. The number of carbonyl (C=O) groups excluding carboxylic acids is 2. The summed E-state index contributed by atoms with van der Waals surface area (Å²) < 4.78 is 58.4. The topological polar surface area (TPSA) is 135 Å². The lowest BCUT2D eigenvalue weighted by molar-refractivity contribution is -0.141. The molecule has 1 aromatic carbocycles. The van der Waals surface area contributed by atoms with Crippen molar-refractivity contribution in [1.29, 1.82) is 0 Å². The van der Waals surface area contributed by atoms with Crippen LogP contribution in [0, 0.1) is 24.7 Å². The lowest BCUT2D eigenvalue weighted by Crippen LogP contribution is -2.52. The summed E-state index contributed by atoms with van der Waals surface area (Å²) in [4.78, 5) is 49.5. The van der Waals surface area contributed by atoms with E-state index in [2.05, 4.69) is 89.0 Å². The van der Waals surface area contributed by atoms with Crippen molar-refractivity contribution in [2.45, 2.75) is 108 Å². The summed E-state index contributed by atoms with van der Waals surface area (Å²) in [5, 5.41) is 2.74. The number of rotatable bonds is 6. The number of pyridine rings is 4. The van der Waals surface area contributed by atoms with Gasteiger partial charge in [-0.2, -0.15) is 13.2 Å². The van der Waals surface area contributed by atoms with Crippen molar-refractivity contribution in [3.63, 3.8) is 0 Å². The van der Waals surface area contributed by atoms with Crippen molar-refractivity contribution in [2.75, 3.05) is 79.3 Å². The van der Waals surface area contributed by atoms with Crippen LogP contribution in [0.3, 0.4) is 0 Å². The minimum absolute atomic E-state index is 0.0395. The van der Waals surface area contributed by atoms with Gasteiger partial charge in [0, 0.05) is 124 Å². The fourth-order valence-electron chi connectivity index (χ4n) is 13.5. The first kappa shape index (κ1) is 52.1. The SMILES string of the molecule is CCN1C(=O)[C@@H]2COCC[C@H]2c2cc(Br)cnc21.CCN1c2ncc(-c3cc(NC(=O)c4ccnc(C(F)(F)F)c4)ccc3C)cc2[C@@H]2CCOC[C@H]2C12CC2.CCN1c2ncc(Br)cc2[C@@H]2CCOC[C@H]2C12CC2. The van der Waals surface area contributed by atoms with E-state index >= 15 is 0 Å². The molecule has 2 amide bonds. The first-order valence-electron chi connectivity index (χ1n) is 26.6. The van der Waals surface area contributed by atoms with Crippen molar-refractivity contribution in [2.24, 2.45) is 17.8 Å². The first-order chi connectivity index (χ1) is 36.2. The van der Waals surface area contributed by atoms with Crippen LogP contribution < -0.4 is 20.0 Å². The minimum atomic E-state index is -4.62. The molecule has 0 bridgehead atoms. The maximum Gasteiger partial charge on any atom is 0.433 e. The van der Waals surface area contributed by atoms with E-state index in [1.807, 2.05) is 38.4 Å². The molecule has 2 aliphatic carbocycles. The Hall–Kier alpha value is -5.01. The Morgan fingerprint density at radius 2 is 1.23 bits per heavy atom. The van der Waals surface area contributed by atoms with Crippen LogP contribution in [0.5, 0.6) is 0 Å². The van der Waals surface area contributed by atoms with Crippen LogP contribution >= 0.6 is 31.9 Å². The molecule has 75 heavy (non-hydrogen) atoms. The molecular weight excluding hydrogens is 1090 g/mol. The molecule has 3 saturated heterocycles. The Morgan fingerprint density at radius 3 is 1.80 bits per heavy atom. The van der Waals surface area contributed by atoms with E-state index in [1.165, 1.54) is 54.3 Å². The van der Waals surface area contributed by atoms with E-state index in [-0.39, 0.29) is 28.8 Å². The highest BCUT2D eigenvalue weighted by Crippen LogP contribution is 2.61. The molecule has 1 N–H and O–H groups in total. The van der Waals surface area contributed by atoms with E-state index in [1.54, 1.807) is 17.2 Å². The highest BCUT2D eigenvalue weighted by Gasteiger charge is 2.61. The molecule has 2 saturated carbocycles. The molecule has 5 fully saturated rings. The van der Waals surface area contributed by atoms with Crippen LogP contribution in [0.15, 0.2) is 82.3 Å². The number of alkyl halides is 3. The third kappa shape index (κ3) is 9.56. The van der Waals surface area contributed by atoms with Crippen molar-refractivity contribution >= 4 is 66.8 Å². The summed E-state index contributed by atoms with van der Waals surface area (Å²) in [6, 6.07) is 14.1. The summed E-state index contributed by atoms with van der Waals surface area (Å²) in [5.41, 5.74) is 6.55. The summed E-state index contributed by atoms with van der Waals surface area (Å²) >= 11 is 7.05. The maximum absolute atomic E-state index is 13.0. The number of nitrogens with one attached hydrogen (secondary N) is 1. The maximum atomic E-state index is 13.0. The number of benzene rings is 1. The first-order valence-corrected chi connectivity index (χ1v) is 28.1. The number of halogens is 5. The van der Waals surface area contributed by atoms with E-state index in [0.717, 1.165) is 115 Å². The van der Waals surface area contributed by atoms with Gasteiger partial charge in [-0.1, -0.05) is 6.07 Å². The molecule has 18 heteroatoms. The number of ether oxygens (including phenoxy) is 3. The minimum Gasteiger partial charge on any atom is -0.381 e. The number of carbonyl (C=O) groups is 2. The molecule has 10 heterocycles. The Morgan fingerprint density at radius 1 is 0.680 bits per heavy atom. The Bertz CT molecular complexity index is 2990. The van der Waals surface area contributed by atoms with Crippen LogP contribution in [-0.4, -0.2) is 102 Å². The summed E-state index contributed by atoms with van der Waals surface area (Å²) in [6.07, 6.45) is 9.96. The van der Waals surface area contributed by atoms with E-state index in [9.17, 15) is 22.8 Å². The van der Waals surface area contributed by atoms with Gasteiger partial charge in [0.1, 0.15) is 23.1 Å². The zero-order valence-electron chi connectivity index (χ0n) is 42.8. The average Bonchev–Trinajstić information content (AvgIpc) is 4.40. The second-order valence-electron chi connectivity index (χ2n) is 21.2. The largest absolute Gasteiger partial charge is 0.433 e. The van der Waals surface area contributed by atoms with Crippen molar-refractivity contribution in [1.82, 2.24) is 19.9 Å². The van der Waals surface area contributed by atoms with Gasteiger partial charge in [0.15, 0.2) is 0 Å². The van der Waals surface area contributed by atoms with Crippen LogP contribution in [0.2, 0.25) is 0 Å². The van der Waals surface area contributed by atoms with Gasteiger partial charge in [-0.25, -0.2) is 15.0 Å². The molecule has 8 aliphatic rings. The smallest absolute Gasteiger partial charge is 0.381 e. The highest BCUT2D eigenvalue weighted by molar-refractivity contribution is 9.10. The molecule has 0 unspecified atom stereocenters. The number of anilines is 4.